The SMILES string of the molecule is O=c1ccn2c3ccc(Cl)cc3c3cc(Cl)cc1c32. The van der Waals surface area contributed by atoms with E-state index in [2.05, 4.69) is 0 Å². The molecule has 0 atom stereocenters. The van der Waals surface area contributed by atoms with Gasteiger partial charge in [0.05, 0.1) is 11.0 Å². The molecule has 4 aromatic rings. The van der Waals surface area contributed by atoms with E-state index >= 15 is 0 Å². The maximum atomic E-state index is 12.0. The number of pyridine rings is 1. The van der Waals surface area contributed by atoms with Crippen LogP contribution in [0.15, 0.2) is 47.4 Å². The highest BCUT2D eigenvalue weighted by Gasteiger charge is 2.13. The standard InChI is InChI=1S/C15H7Cl2NO/c16-8-1-2-13-10(5-8)11-6-9(17)7-12-14(19)3-4-18(13)15(11)12/h1-7H. The molecule has 0 aliphatic carbocycles. The van der Waals surface area contributed by atoms with Crippen LogP contribution in [0.4, 0.5) is 0 Å². The predicted molar refractivity (Wildman–Crippen MR) is 79.9 cm³/mol. The van der Waals surface area contributed by atoms with Crippen molar-refractivity contribution in [2.24, 2.45) is 0 Å². The van der Waals surface area contributed by atoms with Crippen LogP contribution in [0.5, 0.6) is 0 Å². The van der Waals surface area contributed by atoms with Gasteiger partial charge < -0.3 is 4.40 Å². The Morgan fingerprint density at radius 2 is 1.58 bits per heavy atom. The number of halogens is 2. The predicted octanol–water partition coefficient (Wildman–Crippen LogP) is 4.35. The average molecular weight is 288 g/mol. The molecule has 0 aliphatic rings. The van der Waals surface area contributed by atoms with Crippen molar-refractivity contribution in [3.63, 3.8) is 0 Å². The highest BCUT2D eigenvalue weighted by atomic mass is 35.5. The lowest BCUT2D eigenvalue weighted by molar-refractivity contribution is 1.26. The van der Waals surface area contributed by atoms with Gasteiger partial charge in [-0.15, -0.1) is 0 Å². The first kappa shape index (κ1) is 11.1. The third-order valence-corrected chi connectivity index (χ3v) is 3.92. The molecule has 2 aromatic heterocycles. The molecule has 0 N–H and O–H groups in total. The van der Waals surface area contributed by atoms with Gasteiger partial charge in [0.2, 0.25) is 0 Å². The number of hydrogen-bond donors (Lipinski definition) is 0. The maximum absolute atomic E-state index is 12.0. The third-order valence-electron chi connectivity index (χ3n) is 3.46. The minimum Gasteiger partial charge on any atom is -0.315 e. The second-order valence-corrected chi connectivity index (χ2v) is 5.43. The normalized spacial score (nSPS) is 11.9. The lowest BCUT2D eigenvalue weighted by Gasteiger charge is -2.00. The van der Waals surface area contributed by atoms with Crippen molar-refractivity contribution in [1.29, 1.82) is 0 Å². The Bertz CT molecular complexity index is 1000. The fourth-order valence-corrected chi connectivity index (χ4v) is 3.08. The summed E-state index contributed by atoms with van der Waals surface area (Å²) in [4.78, 5) is 12.0. The van der Waals surface area contributed by atoms with Crippen LogP contribution >= 0.6 is 23.2 Å². The number of hydrogen-bond acceptors (Lipinski definition) is 1. The van der Waals surface area contributed by atoms with E-state index in [1.807, 2.05) is 28.7 Å². The quantitative estimate of drug-likeness (QED) is 0.471. The number of nitrogens with zero attached hydrogens (tertiary/aromatic N) is 1. The Hall–Kier alpha value is -1.77. The van der Waals surface area contributed by atoms with E-state index in [0.29, 0.717) is 15.4 Å². The van der Waals surface area contributed by atoms with Crippen LogP contribution in [0.25, 0.3) is 27.2 Å². The average Bonchev–Trinajstić information content (AvgIpc) is 2.68. The second kappa shape index (κ2) is 3.62. The summed E-state index contributed by atoms with van der Waals surface area (Å²) in [5.41, 5.74) is 1.90. The van der Waals surface area contributed by atoms with E-state index in [-0.39, 0.29) is 5.43 Å². The van der Waals surface area contributed by atoms with Crippen LogP contribution in [-0.2, 0) is 0 Å². The lowest BCUT2D eigenvalue weighted by atomic mass is 10.1. The molecule has 0 saturated carbocycles. The van der Waals surface area contributed by atoms with Crippen molar-refractivity contribution in [3.05, 3.63) is 62.9 Å². The van der Waals surface area contributed by atoms with Gasteiger partial charge in [-0.2, -0.15) is 0 Å². The van der Waals surface area contributed by atoms with Gasteiger partial charge in [0, 0.05) is 38.5 Å². The highest BCUT2D eigenvalue weighted by molar-refractivity contribution is 6.34. The first-order chi connectivity index (χ1) is 9.15. The molecule has 2 nitrogen and oxygen atoms in total. The summed E-state index contributed by atoms with van der Waals surface area (Å²) in [5, 5.41) is 3.83. The molecule has 0 radical (unpaired) electrons. The van der Waals surface area contributed by atoms with Crippen LogP contribution in [0, 0.1) is 0 Å². The van der Waals surface area contributed by atoms with E-state index in [0.717, 1.165) is 21.8 Å². The number of aromatic nitrogens is 1. The van der Waals surface area contributed by atoms with E-state index in [4.69, 9.17) is 23.2 Å². The van der Waals surface area contributed by atoms with Gasteiger partial charge in [-0.25, -0.2) is 0 Å². The number of benzene rings is 2. The first-order valence-electron chi connectivity index (χ1n) is 5.80. The minimum atomic E-state index is -0.0195. The van der Waals surface area contributed by atoms with E-state index in [1.165, 1.54) is 0 Å². The Balaban J connectivity index is 2.47. The maximum Gasteiger partial charge on any atom is 0.189 e. The Labute approximate surface area is 118 Å². The second-order valence-electron chi connectivity index (χ2n) is 4.56. The smallest absolute Gasteiger partial charge is 0.189 e. The monoisotopic (exact) mass is 287 g/mol. The molecule has 0 unspecified atom stereocenters. The molecule has 2 heterocycles. The van der Waals surface area contributed by atoms with Gasteiger partial charge in [-0.05, 0) is 30.3 Å². The molecule has 0 amide bonds. The van der Waals surface area contributed by atoms with Gasteiger partial charge in [0.1, 0.15) is 0 Å². The largest absolute Gasteiger partial charge is 0.315 e. The van der Waals surface area contributed by atoms with Crippen LogP contribution < -0.4 is 5.43 Å². The molecular formula is C15H7Cl2NO. The molecule has 4 heteroatoms. The zero-order chi connectivity index (χ0) is 13.1. The topological polar surface area (TPSA) is 21.5 Å². The van der Waals surface area contributed by atoms with Gasteiger partial charge in [0.25, 0.3) is 0 Å². The summed E-state index contributed by atoms with van der Waals surface area (Å²) in [6, 6.07) is 10.9. The molecule has 0 aliphatic heterocycles. The van der Waals surface area contributed by atoms with Crippen LogP contribution in [-0.4, -0.2) is 4.40 Å². The van der Waals surface area contributed by atoms with E-state index in [9.17, 15) is 4.79 Å². The summed E-state index contributed by atoms with van der Waals surface area (Å²) >= 11 is 12.2. The fourth-order valence-electron chi connectivity index (χ4n) is 2.69. The van der Waals surface area contributed by atoms with Crippen molar-refractivity contribution >= 4 is 50.4 Å². The molecule has 0 bridgehead atoms. The highest BCUT2D eigenvalue weighted by Crippen LogP contribution is 2.34. The van der Waals surface area contributed by atoms with Crippen LogP contribution in [0.2, 0.25) is 10.0 Å². The van der Waals surface area contributed by atoms with Crippen molar-refractivity contribution < 1.29 is 0 Å². The van der Waals surface area contributed by atoms with Gasteiger partial charge in [-0.1, -0.05) is 23.2 Å². The molecule has 0 spiro atoms. The number of fused-ring (bicyclic) bond motifs is 3. The molecule has 92 valence electrons. The molecule has 2 aromatic carbocycles. The number of rotatable bonds is 0. The van der Waals surface area contributed by atoms with Gasteiger partial charge in [0.15, 0.2) is 5.43 Å². The third kappa shape index (κ3) is 1.41. The summed E-state index contributed by atoms with van der Waals surface area (Å²) in [7, 11) is 0. The summed E-state index contributed by atoms with van der Waals surface area (Å²) in [6.45, 7) is 0. The van der Waals surface area contributed by atoms with Crippen molar-refractivity contribution in [1.82, 2.24) is 4.40 Å². The molecule has 19 heavy (non-hydrogen) atoms. The lowest BCUT2D eigenvalue weighted by Crippen LogP contribution is -2.01. The Morgan fingerprint density at radius 3 is 2.42 bits per heavy atom. The molecule has 4 rings (SSSR count). The van der Waals surface area contributed by atoms with Crippen LogP contribution in [0.3, 0.4) is 0 Å². The fraction of sp³-hybridized carbons (Fsp3) is 0. The zero-order valence-electron chi connectivity index (χ0n) is 9.65. The van der Waals surface area contributed by atoms with Crippen molar-refractivity contribution in [2.75, 3.05) is 0 Å². The van der Waals surface area contributed by atoms with Crippen molar-refractivity contribution in [3.8, 4) is 0 Å². The van der Waals surface area contributed by atoms with E-state index in [1.54, 1.807) is 18.3 Å². The zero-order valence-corrected chi connectivity index (χ0v) is 11.2. The Morgan fingerprint density at radius 1 is 0.842 bits per heavy atom. The minimum absolute atomic E-state index is 0.0195. The molecular weight excluding hydrogens is 281 g/mol. The first-order valence-corrected chi connectivity index (χ1v) is 6.56. The summed E-state index contributed by atoms with van der Waals surface area (Å²) < 4.78 is 2.01. The Kier molecular flexibility index (Phi) is 2.12. The van der Waals surface area contributed by atoms with Gasteiger partial charge >= 0.3 is 0 Å². The van der Waals surface area contributed by atoms with Crippen molar-refractivity contribution in [2.45, 2.75) is 0 Å². The van der Waals surface area contributed by atoms with E-state index < -0.39 is 0 Å². The van der Waals surface area contributed by atoms with Crippen LogP contribution in [0.1, 0.15) is 0 Å². The molecule has 0 saturated heterocycles. The molecule has 0 fully saturated rings. The van der Waals surface area contributed by atoms with Gasteiger partial charge in [-0.3, -0.25) is 4.79 Å². The summed E-state index contributed by atoms with van der Waals surface area (Å²) in [6.07, 6.45) is 1.79. The summed E-state index contributed by atoms with van der Waals surface area (Å²) in [5.74, 6) is 0.